The number of hydrogen-bond donors (Lipinski definition) is 1. The van der Waals surface area contributed by atoms with Crippen LogP contribution >= 0.6 is 0 Å². The van der Waals surface area contributed by atoms with Gasteiger partial charge < -0.3 is 14.4 Å². The molecule has 0 saturated heterocycles. The van der Waals surface area contributed by atoms with E-state index in [9.17, 15) is 5.11 Å². The van der Waals surface area contributed by atoms with Crippen LogP contribution in [0.2, 0.25) is 0 Å². The Kier molecular flexibility index (Phi) is 7.26. The molecule has 33 heavy (non-hydrogen) atoms. The minimum Gasteiger partial charge on any atom is -0.491 e. The van der Waals surface area contributed by atoms with E-state index in [0.29, 0.717) is 19.2 Å². The van der Waals surface area contributed by atoms with Gasteiger partial charge >= 0.3 is 0 Å². The Morgan fingerprint density at radius 3 is 2.42 bits per heavy atom. The first-order valence-corrected chi connectivity index (χ1v) is 12.1. The third kappa shape index (κ3) is 6.49. The van der Waals surface area contributed by atoms with E-state index in [0.717, 1.165) is 24.4 Å². The lowest BCUT2D eigenvalue weighted by Crippen LogP contribution is -2.37. The Labute approximate surface area is 198 Å². The van der Waals surface area contributed by atoms with Crippen LogP contribution in [0.15, 0.2) is 66.9 Å². The quantitative estimate of drug-likeness (QED) is 0.444. The van der Waals surface area contributed by atoms with Gasteiger partial charge in [-0.1, -0.05) is 63.2 Å². The molecule has 4 nitrogen and oxygen atoms in total. The monoisotopic (exact) mass is 446 g/mol. The summed E-state index contributed by atoms with van der Waals surface area (Å²) in [6.07, 6.45) is 4.06. The number of aliphatic hydroxyl groups is 1. The van der Waals surface area contributed by atoms with Gasteiger partial charge in [0.2, 0.25) is 0 Å². The summed E-state index contributed by atoms with van der Waals surface area (Å²) in [6, 6.07) is 21.8. The zero-order valence-electron chi connectivity index (χ0n) is 20.5. The van der Waals surface area contributed by atoms with Crippen molar-refractivity contribution in [2.24, 2.45) is 0 Å². The minimum atomic E-state index is -0.515. The average Bonchev–Trinajstić information content (AvgIpc) is 3.54. The fraction of sp³-hybridized carbons (Fsp3) is 0.448. The van der Waals surface area contributed by atoms with Gasteiger partial charge in [-0.3, -0.25) is 4.90 Å². The topological polar surface area (TPSA) is 37.6 Å². The molecule has 1 fully saturated rings. The van der Waals surface area contributed by atoms with Gasteiger partial charge in [-0.05, 0) is 60.1 Å². The number of benzene rings is 2. The molecule has 3 aromatic rings. The highest BCUT2D eigenvalue weighted by Crippen LogP contribution is 2.29. The molecular formula is C29H38N2O2. The summed E-state index contributed by atoms with van der Waals surface area (Å²) in [5.74, 6) is 0.848. The summed E-state index contributed by atoms with van der Waals surface area (Å²) in [7, 11) is 0. The summed E-state index contributed by atoms with van der Waals surface area (Å²) >= 11 is 0. The predicted molar refractivity (Wildman–Crippen MR) is 135 cm³/mol. The van der Waals surface area contributed by atoms with Crippen LogP contribution in [0, 0.1) is 6.92 Å². The summed E-state index contributed by atoms with van der Waals surface area (Å²) in [6.45, 7) is 11.4. The molecule has 176 valence electrons. The lowest BCUT2D eigenvalue weighted by atomic mass is 9.87. The summed E-state index contributed by atoms with van der Waals surface area (Å²) in [4.78, 5) is 2.42. The first-order valence-electron chi connectivity index (χ1n) is 12.1. The standard InChI is InChI=1S/C29H38N2O2/c1-22-8-5-6-10-28(22)33-21-27(32)20-31(25-15-16-25)19-26-9-7-17-30(26)18-23-11-13-24(14-12-23)29(2,3)4/h5-14,17,25,27,32H,15-16,18-21H2,1-4H3. The fourth-order valence-corrected chi connectivity index (χ4v) is 4.27. The molecule has 0 spiro atoms. The fourth-order valence-electron chi connectivity index (χ4n) is 4.27. The molecule has 1 N–H and O–H groups in total. The molecule has 1 atom stereocenters. The summed E-state index contributed by atoms with van der Waals surface area (Å²) in [5.41, 5.74) is 5.22. The maximum absolute atomic E-state index is 10.7. The number of aromatic nitrogens is 1. The lowest BCUT2D eigenvalue weighted by molar-refractivity contribution is 0.0616. The second-order valence-corrected chi connectivity index (χ2v) is 10.5. The van der Waals surface area contributed by atoms with Crippen LogP contribution in [0.5, 0.6) is 5.75 Å². The lowest BCUT2D eigenvalue weighted by Gasteiger charge is -2.26. The summed E-state index contributed by atoms with van der Waals surface area (Å²) in [5, 5.41) is 10.7. The Hall–Kier alpha value is -2.56. The third-order valence-electron chi connectivity index (χ3n) is 6.49. The Morgan fingerprint density at radius 2 is 1.76 bits per heavy atom. The predicted octanol–water partition coefficient (Wildman–Crippen LogP) is 5.55. The van der Waals surface area contributed by atoms with E-state index in [1.807, 2.05) is 31.2 Å². The average molecular weight is 447 g/mol. The van der Waals surface area contributed by atoms with Crippen LogP contribution in [0.25, 0.3) is 0 Å². The van der Waals surface area contributed by atoms with Gasteiger partial charge in [-0.15, -0.1) is 0 Å². The highest BCUT2D eigenvalue weighted by molar-refractivity contribution is 5.31. The van der Waals surface area contributed by atoms with Crippen molar-refractivity contribution in [3.8, 4) is 5.75 Å². The van der Waals surface area contributed by atoms with Gasteiger partial charge in [-0.25, -0.2) is 0 Å². The van der Waals surface area contributed by atoms with Crippen molar-refractivity contribution in [3.63, 3.8) is 0 Å². The Morgan fingerprint density at radius 1 is 1.03 bits per heavy atom. The molecule has 1 aliphatic rings. The second kappa shape index (κ2) is 10.1. The molecule has 4 rings (SSSR count). The van der Waals surface area contributed by atoms with E-state index in [2.05, 4.69) is 72.8 Å². The van der Waals surface area contributed by atoms with Crippen molar-refractivity contribution in [3.05, 3.63) is 89.2 Å². The van der Waals surface area contributed by atoms with E-state index in [1.165, 1.54) is 29.7 Å². The van der Waals surface area contributed by atoms with E-state index in [1.54, 1.807) is 0 Å². The van der Waals surface area contributed by atoms with Crippen molar-refractivity contribution >= 4 is 0 Å². The van der Waals surface area contributed by atoms with Gasteiger partial charge in [0, 0.05) is 37.6 Å². The normalized spacial score (nSPS) is 15.1. The van der Waals surface area contributed by atoms with E-state index in [4.69, 9.17) is 4.74 Å². The van der Waals surface area contributed by atoms with Gasteiger partial charge in [0.1, 0.15) is 18.5 Å². The number of para-hydroxylation sites is 1. The molecule has 4 heteroatoms. The van der Waals surface area contributed by atoms with Crippen LogP contribution < -0.4 is 4.74 Å². The number of aliphatic hydroxyl groups excluding tert-OH is 1. The van der Waals surface area contributed by atoms with E-state index < -0.39 is 6.10 Å². The van der Waals surface area contributed by atoms with Gasteiger partial charge in [-0.2, -0.15) is 0 Å². The van der Waals surface area contributed by atoms with Crippen LogP contribution in [-0.2, 0) is 18.5 Å². The van der Waals surface area contributed by atoms with Crippen LogP contribution in [-0.4, -0.2) is 39.9 Å². The molecule has 0 amide bonds. The van der Waals surface area contributed by atoms with Gasteiger partial charge in [0.05, 0.1) is 0 Å². The Balaban J connectivity index is 1.36. The summed E-state index contributed by atoms with van der Waals surface area (Å²) < 4.78 is 8.22. The maximum atomic E-state index is 10.7. The second-order valence-electron chi connectivity index (χ2n) is 10.5. The molecule has 1 saturated carbocycles. The zero-order valence-corrected chi connectivity index (χ0v) is 20.5. The van der Waals surface area contributed by atoms with Crippen LogP contribution in [0.1, 0.15) is 56.0 Å². The molecular weight excluding hydrogens is 408 g/mol. The van der Waals surface area contributed by atoms with Gasteiger partial charge in [0.15, 0.2) is 0 Å². The number of aryl methyl sites for hydroxylation is 1. The smallest absolute Gasteiger partial charge is 0.122 e. The highest BCUT2D eigenvalue weighted by Gasteiger charge is 2.31. The van der Waals surface area contributed by atoms with Crippen molar-refractivity contribution in [1.29, 1.82) is 0 Å². The van der Waals surface area contributed by atoms with E-state index in [-0.39, 0.29) is 5.41 Å². The van der Waals surface area contributed by atoms with Crippen molar-refractivity contribution < 1.29 is 9.84 Å². The molecule has 0 bridgehead atoms. The van der Waals surface area contributed by atoms with Crippen LogP contribution in [0.4, 0.5) is 0 Å². The van der Waals surface area contributed by atoms with E-state index >= 15 is 0 Å². The maximum Gasteiger partial charge on any atom is 0.122 e. The minimum absolute atomic E-state index is 0.172. The molecule has 1 aliphatic carbocycles. The largest absolute Gasteiger partial charge is 0.491 e. The van der Waals surface area contributed by atoms with Gasteiger partial charge in [0.25, 0.3) is 0 Å². The first-order chi connectivity index (χ1) is 15.8. The zero-order chi connectivity index (χ0) is 23.4. The SMILES string of the molecule is Cc1ccccc1OCC(O)CN(Cc1cccn1Cc1ccc(C(C)(C)C)cc1)C1CC1. The molecule has 1 unspecified atom stereocenters. The Bertz CT molecular complexity index is 1030. The van der Waals surface area contributed by atoms with Crippen molar-refractivity contribution in [2.45, 2.75) is 71.2 Å². The number of nitrogens with zero attached hydrogens (tertiary/aromatic N) is 2. The van der Waals surface area contributed by atoms with Crippen molar-refractivity contribution in [2.75, 3.05) is 13.2 Å². The molecule has 0 radical (unpaired) electrons. The van der Waals surface area contributed by atoms with Crippen LogP contribution in [0.3, 0.4) is 0 Å². The number of ether oxygens (including phenoxy) is 1. The first kappa shape index (κ1) is 23.6. The van der Waals surface area contributed by atoms with Crippen molar-refractivity contribution in [1.82, 2.24) is 9.47 Å². The number of rotatable bonds is 10. The molecule has 1 aromatic heterocycles. The third-order valence-corrected chi connectivity index (χ3v) is 6.49. The molecule has 2 aromatic carbocycles. The molecule has 1 heterocycles. The highest BCUT2D eigenvalue weighted by atomic mass is 16.5. The molecule has 0 aliphatic heterocycles. The number of hydrogen-bond acceptors (Lipinski definition) is 3.